The van der Waals surface area contributed by atoms with E-state index in [1.165, 1.54) is 17.4 Å². The third-order valence-corrected chi connectivity index (χ3v) is 6.20. The fraction of sp³-hybridized carbons (Fsp3) is 0.706. The van der Waals surface area contributed by atoms with Crippen LogP contribution in [-0.4, -0.2) is 51.6 Å². The van der Waals surface area contributed by atoms with Crippen molar-refractivity contribution in [3.63, 3.8) is 0 Å². The molecule has 7 nitrogen and oxygen atoms in total. The van der Waals surface area contributed by atoms with E-state index in [-0.39, 0.29) is 36.0 Å². The highest BCUT2D eigenvalue weighted by Crippen LogP contribution is 2.33. The van der Waals surface area contributed by atoms with Crippen LogP contribution in [0.25, 0.3) is 0 Å². The van der Waals surface area contributed by atoms with E-state index < -0.39 is 5.97 Å². The first-order valence-corrected chi connectivity index (χ1v) is 9.57. The average molecular weight is 367 g/mol. The van der Waals surface area contributed by atoms with E-state index >= 15 is 0 Å². The van der Waals surface area contributed by atoms with Gasteiger partial charge >= 0.3 is 10.8 Å². The maximum atomic E-state index is 12.2. The van der Waals surface area contributed by atoms with Crippen LogP contribution < -0.4 is 10.2 Å². The van der Waals surface area contributed by atoms with Crippen LogP contribution in [-0.2, 0) is 16.1 Å². The van der Waals surface area contributed by atoms with Crippen molar-refractivity contribution in [1.29, 1.82) is 0 Å². The first-order valence-electron chi connectivity index (χ1n) is 8.75. The van der Waals surface area contributed by atoms with E-state index in [2.05, 4.69) is 5.32 Å². The van der Waals surface area contributed by atoms with Crippen LogP contribution in [0.1, 0.15) is 36.3 Å². The molecule has 0 bridgehead atoms. The Balaban J connectivity index is 1.48. The number of nitrogens with zero attached hydrogens (tertiary/aromatic N) is 2. The number of carbonyl (C=O) groups excluding carboxylic acids is 1. The number of aliphatic carboxylic acids is 1. The van der Waals surface area contributed by atoms with Crippen molar-refractivity contribution in [2.75, 3.05) is 13.1 Å². The van der Waals surface area contributed by atoms with Gasteiger partial charge in [0, 0.05) is 29.2 Å². The van der Waals surface area contributed by atoms with Gasteiger partial charge in [0.2, 0.25) is 5.91 Å². The fourth-order valence-electron chi connectivity index (χ4n) is 3.34. The number of nitrogens with one attached hydrogen (secondary N) is 1. The largest absolute Gasteiger partial charge is 0.480 e. The van der Waals surface area contributed by atoms with Gasteiger partial charge in [-0.15, -0.1) is 0 Å². The molecule has 1 aromatic rings. The minimum atomic E-state index is -0.796. The monoisotopic (exact) mass is 367 g/mol. The van der Waals surface area contributed by atoms with Crippen molar-refractivity contribution in [3.05, 3.63) is 20.2 Å². The first kappa shape index (κ1) is 18.1. The molecule has 0 spiro atoms. The van der Waals surface area contributed by atoms with Gasteiger partial charge in [0.05, 0.1) is 6.54 Å². The summed E-state index contributed by atoms with van der Waals surface area (Å²) in [6.07, 6.45) is 3.94. The highest BCUT2D eigenvalue weighted by molar-refractivity contribution is 7.09. The van der Waals surface area contributed by atoms with Gasteiger partial charge in [0.25, 0.3) is 0 Å². The number of aromatic nitrogens is 1. The quantitative estimate of drug-likeness (QED) is 0.714. The second-order valence-corrected chi connectivity index (χ2v) is 8.42. The minimum absolute atomic E-state index is 0.0527. The first-order chi connectivity index (χ1) is 11.8. The van der Waals surface area contributed by atoms with Gasteiger partial charge < -0.3 is 10.4 Å². The van der Waals surface area contributed by atoms with Gasteiger partial charge in [-0.1, -0.05) is 11.3 Å². The van der Waals surface area contributed by atoms with Gasteiger partial charge in [-0.25, -0.2) is 0 Å². The molecule has 0 radical (unpaired) electrons. The molecule has 0 aliphatic heterocycles. The molecule has 2 N–H and O–H groups in total. The third-order valence-electron chi connectivity index (χ3n) is 5.20. The number of hydrogen-bond donors (Lipinski definition) is 2. The molecule has 3 rings (SSSR count). The predicted molar refractivity (Wildman–Crippen MR) is 94.9 cm³/mol. The van der Waals surface area contributed by atoms with E-state index in [0.29, 0.717) is 5.92 Å². The molecule has 0 saturated heterocycles. The summed E-state index contributed by atoms with van der Waals surface area (Å²) in [4.78, 5) is 38.0. The number of aryl methyl sites for hydroxylation is 1. The minimum Gasteiger partial charge on any atom is -0.480 e. The topological polar surface area (TPSA) is 91.6 Å². The van der Waals surface area contributed by atoms with Crippen LogP contribution in [0.5, 0.6) is 0 Å². The highest BCUT2D eigenvalue weighted by Gasteiger charge is 2.37. The zero-order valence-electron chi connectivity index (χ0n) is 14.7. The van der Waals surface area contributed by atoms with Crippen molar-refractivity contribution in [2.24, 2.45) is 5.92 Å². The summed E-state index contributed by atoms with van der Waals surface area (Å²) >= 11 is 1.16. The van der Waals surface area contributed by atoms with Crippen LogP contribution in [0.15, 0.2) is 4.79 Å². The second kappa shape index (κ2) is 7.29. The van der Waals surface area contributed by atoms with Gasteiger partial charge in [-0.05, 0) is 45.4 Å². The van der Waals surface area contributed by atoms with E-state index in [1.807, 2.05) is 18.7 Å². The van der Waals surface area contributed by atoms with Crippen molar-refractivity contribution in [3.8, 4) is 0 Å². The SMILES string of the molecule is Cc1sc(=O)n(CC(=O)NC2CC(N(CC(=O)O)CC3CC3)C2)c1C. The lowest BCUT2D eigenvalue weighted by molar-refractivity contribution is -0.140. The summed E-state index contributed by atoms with van der Waals surface area (Å²) in [5.41, 5.74) is 0.841. The zero-order chi connectivity index (χ0) is 18.1. The number of thiazole rings is 1. The Morgan fingerprint density at radius 3 is 2.52 bits per heavy atom. The number of amides is 1. The Kier molecular flexibility index (Phi) is 5.29. The van der Waals surface area contributed by atoms with Gasteiger partial charge in [0.1, 0.15) is 6.54 Å². The van der Waals surface area contributed by atoms with Crippen LogP contribution in [0.3, 0.4) is 0 Å². The Bertz CT molecular complexity index is 716. The standard InChI is InChI=1S/C17H25N3O4S/c1-10-11(2)25-17(24)20(10)8-15(21)18-13-5-14(6-13)19(9-16(22)23)7-12-3-4-12/h12-14H,3-9H2,1-2H3,(H,18,21)(H,22,23). The third kappa shape index (κ3) is 4.49. The molecule has 0 unspecified atom stereocenters. The smallest absolute Gasteiger partial charge is 0.317 e. The Morgan fingerprint density at radius 2 is 2.00 bits per heavy atom. The molecule has 2 saturated carbocycles. The molecule has 138 valence electrons. The summed E-state index contributed by atoms with van der Waals surface area (Å²) in [5.74, 6) is -0.307. The fourth-order valence-corrected chi connectivity index (χ4v) is 4.17. The molecular formula is C17H25N3O4S. The highest BCUT2D eigenvalue weighted by atomic mass is 32.1. The van der Waals surface area contributed by atoms with Crippen LogP contribution in [0, 0.1) is 19.8 Å². The summed E-state index contributed by atoms with van der Waals surface area (Å²) in [5, 5.41) is 12.0. The molecule has 2 fully saturated rings. The number of carboxylic acids is 1. The van der Waals surface area contributed by atoms with Crippen LogP contribution in [0.4, 0.5) is 0 Å². The normalized spacial score (nSPS) is 22.7. The van der Waals surface area contributed by atoms with E-state index in [4.69, 9.17) is 5.11 Å². The Morgan fingerprint density at radius 1 is 1.32 bits per heavy atom. The van der Waals surface area contributed by atoms with Gasteiger partial charge in [-0.3, -0.25) is 23.9 Å². The molecule has 1 amide bonds. The molecule has 1 heterocycles. The van der Waals surface area contributed by atoms with Gasteiger partial charge in [-0.2, -0.15) is 0 Å². The predicted octanol–water partition coefficient (Wildman–Crippen LogP) is 0.970. The molecular weight excluding hydrogens is 342 g/mol. The maximum absolute atomic E-state index is 12.2. The molecule has 8 heteroatoms. The second-order valence-electron chi connectivity index (χ2n) is 7.25. The number of hydrogen-bond acceptors (Lipinski definition) is 5. The molecule has 2 aliphatic rings. The lowest BCUT2D eigenvalue weighted by Crippen LogP contribution is -2.55. The molecule has 0 atom stereocenters. The number of rotatable bonds is 8. The number of carboxylic acid groups (broad SMARTS) is 1. The van der Waals surface area contributed by atoms with Crippen molar-refractivity contribution in [2.45, 2.75) is 58.2 Å². The Labute approximate surface area is 150 Å². The zero-order valence-corrected chi connectivity index (χ0v) is 15.5. The Hall–Kier alpha value is -1.67. The van der Waals surface area contributed by atoms with E-state index in [0.717, 1.165) is 41.3 Å². The number of carbonyl (C=O) groups is 2. The molecule has 1 aromatic heterocycles. The summed E-state index contributed by atoms with van der Waals surface area (Å²) in [7, 11) is 0. The van der Waals surface area contributed by atoms with Crippen molar-refractivity contribution in [1.82, 2.24) is 14.8 Å². The van der Waals surface area contributed by atoms with E-state index in [9.17, 15) is 14.4 Å². The molecule has 2 aliphatic carbocycles. The lowest BCUT2D eigenvalue weighted by atomic mass is 9.85. The van der Waals surface area contributed by atoms with E-state index in [1.54, 1.807) is 0 Å². The average Bonchev–Trinajstić information content (AvgIpc) is 3.26. The summed E-state index contributed by atoms with van der Waals surface area (Å²) in [6.45, 7) is 4.70. The van der Waals surface area contributed by atoms with Crippen LogP contribution in [0.2, 0.25) is 0 Å². The summed E-state index contributed by atoms with van der Waals surface area (Å²) < 4.78 is 1.51. The maximum Gasteiger partial charge on any atom is 0.317 e. The molecule has 0 aromatic carbocycles. The van der Waals surface area contributed by atoms with Crippen molar-refractivity contribution < 1.29 is 14.7 Å². The summed E-state index contributed by atoms with van der Waals surface area (Å²) in [6, 6.07) is 0.304. The van der Waals surface area contributed by atoms with Crippen molar-refractivity contribution >= 4 is 23.2 Å². The lowest BCUT2D eigenvalue weighted by Gasteiger charge is -2.42. The molecule has 25 heavy (non-hydrogen) atoms. The van der Waals surface area contributed by atoms with Gasteiger partial charge in [0.15, 0.2) is 0 Å². The van der Waals surface area contributed by atoms with Crippen LogP contribution >= 0.6 is 11.3 Å².